The van der Waals surface area contributed by atoms with Crippen molar-refractivity contribution < 1.29 is 4.74 Å². The topological polar surface area (TPSA) is 24.5 Å². The Balaban J connectivity index is 1.85. The van der Waals surface area contributed by atoms with Crippen LogP contribution in [0.4, 0.5) is 0 Å². The number of hydrogen-bond donors (Lipinski definition) is 1. The van der Waals surface area contributed by atoms with Crippen LogP contribution < -0.4 is 5.32 Å². The highest BCUT2D eigenvalue weighted by Gasteiger charge is 2.15. The average molecular weight is 248 g/mol. The highest BCUT2D eigenvalue weighted by molar-refractivity contribution is 5.22. The van der Waals surface area contributed by atoms with Crippen molar-refractivity contribution in [3.63, 3.8) is 0 Å². The summed E-state index contributed by atoms with van der Waals surface area (Å²) in [5.74, 6) is 0. The van der Waals surface area contributed by atoms with Crippen LogP contribution in [-0.2, 0) is 17.9 Å². The molecule has 1 N–H and O–H groups in total. The third kappa shape index (κ3) is 4.09. The van der Waals surface area contributed by atoms with Crippen LogP contribution in [0, 0.1) is 0 Å². The van der Waals surface area contributed by atoms with E-state index in [0.29, 0.717) is 12.6 Å². The molecule has 1 aliphatic rings. The minimum Gasteiger partial charge on any atom is -0.380 e. The molecule has 1 aromatic rings. The first-order valence-corrected chi connectivity index (χ1v) is 6.76. The largest absolute Gasteiger partial charge is 0.380 e. The minimum absolute atomic E-state index is 0.678. The summed E-state index contributed by atoms with van der Waals surface area (Å²) < 4.78 is 5.17. The van der Waals surface area contributed by atoms with Gasteiger partial charge in [-0.1, -0.05) is 24.3 Å². The molecule has 1 fully saturated rings. The summed E-state index contributed by atoms with van der Waals surface area (Å²) in [5.41, 5.74) is 2.62. The first kappa shape index (κ1) is 13.5. The first-order chi connectivity index (χ1) is 8.78. The molecule has 1 atom stereocenters. The van der Waals surface area contributed by atoms with Crippen LogP contribution >= 0.6 is 0 Å². The van der Waals surface area contributed by atoms with Gasteiger partial charge < -0.3 is 15.0 Å². The summed E-state index contributed by atoms with van der Waals surface area (Å²) in [7, 11) is 3.94. The van der Waals surface area contributed by atoms with Crippen LogP contribution in [0.2, 0.25) is 0 Å². The van der Waals surface area contributed by atoms with Gasteiger partial charge in [-0.2, -0.15) is 0 Å². The molecule has 1 aromatic carbocycles. The predicted molar refractivity (Wildman–Crippen MR) is 74.5 cm³/mol. The molecule has 0 aliphatic carbocycles. The molecule has 0 radical (unpaired) electrons. The number of ether oxygens (including phenoxy) is 1. The van der Waals surface area contributed by atoms with Gasteiger partial charge in [0.25, 0.3) is 0 Å². The third-order valence-corrected chi connectivity index (χ3v) is 3.45. The molecule has 3 heteroatoms. The van der Waals surface area contributed by atoms with E-state index < -0.39 is 0 Å². The molecule has 3 nitrogen and oxygen atoms in total. The van der Waals surface area contributed by atoms with Crippen molar-refractivity contribution in [2.45, 2.75) is 32.0 Å². The van der Waals surface area contributed by atoms with Crippen LogP contribution in [0.1, 0.15) is 24.0 Å². The maximum Gasteiger partial charge on any atom is 0.0713 e. The summed E-state index contributed by atoms with van der Waals surface area (Å²) in [5, 5.41) is 3.54. The fraction of sp³-hybridized carbons (Fsp3) is 0.600. The third-order valence-electron chi connectivity index (χ3n) is 3.45. The number of hydrogen-bond acceptors (Lipinski definition) is 3. The van der Waals surface area contributed by atoms with Crippen LogP contribution in [-0.4, -0.2) is 38.2 Å². The van der Waals surface area contributed by atoms with E-state index in [1.807, 2.05) is 0 Å². The normalized spacial score (nSPS) is 19.6. The van der Waals surface area contributed by atoms with Gasteiger partial charge in [0.1, 0.15) is 0 Å². The van der Waals surface area contributed by atoms with Gasteiger partial charge in [0.2, 0.25) is 0 Å². The number of benzene rings is 1. The molecule has 0 spiro atoms. The van der Waals surface area contributed by atoms with Gasteiger partial charge in [-0.15, -0.1) is 0 Å². The van der Waals surface area contributed by atoms with Gasteiger partial charge in [0.05, 0.1) is 6.61 Å². The van der Waals surface area contributed by atoms with Crippen molar-refractivity contribution in [3.8, 4) is 0 Å². The Bertz CT molecular complexity index is 361. The van der Waals surface area contributed by atoms with Crippen LogP contribution in [0.3, 0.4) is 0 Å². The Hall–Kier alpha value is -0.900. The summed E-state index contributed by atoms with van der Waals surface area (Å²) >= 11 is 0. The predicted octanol–water partition coefficient (Wildman–Crippen LogP) is 2.02. The molecule has 100 valence electrons. The zero-order chi connectivity index (χ0) is 12.8. The smallest absolute Gasteiger partial charge is 0.0713 e. The number of methoxy groups -OCH3 is 1. The van der Waals surface area contributed by atoms with Crippen LogP contribution in [0.5, 0.6) is 0 Å². The zero-order valence-corrected chi connectivity index (χ0v) is 11.5. The number of likely N-dealkylation sites (N-methyl/N-ethyl adjacent to an activating group) is 1. The van der Waals surface area contributed by atoms with Gasteiger partial charge in [-0.3, -0.25) is 0 Å². The van der Waals surface area contributed by atoms with Crippen molar-refractivity contribution in [1.82, 2.24) is 10.2 Å². The van der Waals surface area contributed by atoms with Crippen molar-refractivity contribution >= 4 is 0 Å². The molecule has 2 rings (SSSR count). The quantitative estimate of drug-likeness (QED) is 0.833. The maximum atomic E-state index is 5.17. The number of rotatable bonds is 6. The molecule has 0 saturated carbocycles. The van der Waals surface area contributed by atoms with E-state index in [4.69, 9.17) is 4.74 Å². The van der Waals surface area contributed by atoms with E-state index >= 15 is 0 Å². The highest BCUT2D eigenvalue weighted by Crippen LogP contribution is 2.11. The second-order valence-corrected chi connectivity index (χ2v) is 5.24. The Kier molecular flexibility index (Phi) is 5.17. The van der Waals surface area contributed by atoms with Crippen molar-refractivity contribution in [2.24, 2.45) is 0 Å². The van der Waals surface area contributed by atoms with E-state index in [0.717, 1.165) is 13.1 Å². The summed E-state index contributed by atoms with van der Waals surface area (Å²) in [6, 6.07) is 9.34. The number of nitrogens with one attached hydrogen (secondary N) is 1. The fourth-order valence-corrected chi connectivity index (χ4v) is 2.65. The summed E-state index contributed by atoms with van der Waals surface area (Å²) in [6.07, 6.45) is 2.63. The van der Waals surface area contributed by atoms with E-state index in [9.17, 15) is 0 Å². The van der Waals surface area contributed by atoms with Crippen LogP contribution in [0.15, 0.2) is 24.3 Å². The molecule has 0 aromatic heterocycles. The summed E-state index contributed by atoms with van der Waals surface area (Å²) in [4.78, 5) is 2.40. The van der Waals surface area contributed by atoms with Crippen molar-refractivity contribution in [2.75, 3.05) is 27.2 Å². The second kappa shape index (κ2) is 6.88. The molecular formula is C15H24N2O. The molecule has 0 amide bonds. The van der Waals surface area contributed by atoms with Gasteiger partial charge >= 0.3 is 0 Å². The lowest BCUT2D eigenvalue weighted by molar-refractivity contribution is 0.184. The zero-order valence-electron chi connectivity index (χ0n) is 11.5. The molecule has 1 heterocycles. The lowest BCUT2D eigenvalue weighted by Gasteiger charge is -2.21. The van der Waals surface area contributed by atoms with Gasteiger partial charge in [-0.25, -0.2) is 0 Å². The standard InChI is InChI=1S/C15H24N2O/c1-17(11-15-7-4-8-16-15)10-13-5-3-6-14(9-13)12-18-2/h3,5-6,9,15-16H,4,7-8,10-12H2,1-2H3. The lowest BCUT2D eigenvalue weighted by atomic mass is 10.1. The Labute approximate surface area is 110 Å². The summed E-state index contributed by atoms with van der Waals surface area (Å²) in [6.45, 7) is 4.02. The van der Waals surface area contributed by atoms with Gasteiger partial charge in [-0.05, 0) is 37.6 Å². The molecular weight excluding hydrogens is 224 g/mol. The fourth-order valence-electron chi connectivity index (χ4n) is 2.65. The minimum atomic E-state index is 0.678. The highest BCUT2D eigenvalue weighted by atomic mass is 16.5. The van der Waals surface area contributed by atoms with Gasteiger partial charge in [0, 0.05) is 26.2 Å². The van der Waals surface area contributed by atoms with Crippen molar-refractivity contribution in [1.29, 1.82) is 0 Å². The van der Waals surface area contributed by atoms with Crippen LogP contribution in [0.25, 0.3) is 0 Å². The average Bonchev–Trinajstić information content (AvgIpc) is 2.82. The Morgan fingerprint density at radius 1 is 1.39 bits per heavy atom. The van der Waals surface area contributed by atoms with E-state index in [2.05, 4.69) is 41.5 Å². The maximum absolute atomic E-state index is 5.17. The van der Waals surface area contributed by atoms with Gasteiger partial charge in [0.15, 0.2) is 0 Å². The lowest BCUT2D eigenvalue weighted by Crippen LogP contribution is -2.34. The number of nitrogens with zero attached hydrogens (tertiary/aromatic N) is 1. The van der Waals surface area contributed by atoms with E-state index in [1.165, 1.54) is 30.5 Å². The monoisotopic (exact) mass is 248 g/mol. The molecule has 0 bridgehead atoms. The van der Waals surface area contributed by atoms with Crippen molar-refractivity contribution in [3.05, 3.63) is 35.4 Å². The molecule has 1 unspecified atom stereocenters. The Morgan fingerprint density at radius 2 is 2.22 bits per heavy atom. The molecule has 18 heavy (non-hydrogen) atoms. The Morgan fingerprint density at radius 3 is 2.94 bits per heavy atom. The van der Waals surface area contributed by atoms with E-state index in [1.54, 1.807) is 7.11 Å². The first-order valence-electron chi connectivity index (χ1n) is 6.76. The van der Waals surface area contributed by atoms with E-state index in [-0.39, 0.29) is 0 Å². The second-order valence-electron chi connectivity index (χ2n) is 5.24. The SMILES string of the molecule is COCc1cccc(CN(C)CC2CCCN2)c1. The molecule has 1 aliphatic heterocycles. The molecule has 1 saturated heterocycles.